The number of rotatable bonds is 7. The van der Waals surface area contributed by atoms with Crippen molar-refractivity contribution in [3.05, 3.63) is 47.3 Å². The van der Waals surface area contributed by atoms with Crippen molar-refractivity contribution in [1.29, 1.82) is 0 Å². The quantitative estimate of drug-likeness (QED) is 0.418. The molecule has 0 radical (unpaired) electrons. The first kappa shape index (κ1) is 21.9. The Labute approximate surface area is 159 Å². The number of halogens is 1. The van der Waals surface area contributed by atoms with Crippen molar-refractivity contribution in [2.45, 2.75) is 48.1 Å². The van der Waals surface area contributed by atoms with Crippen LogP contribution < -0.4 is 12.4 Å². The average Bonchev–Trinajstić information content (AvgIpc) is 2.94. The van der Waals surface area contributed by atoms with Gasteiger partial charge in [0.15, 0.2) is 9.84 Å². The van der Waals surface area contributed by atoms with Crippen LogP contribution in [0.25, 0.3) is 0 Å². The Hall–Kier alpha value is -0.0738. The second-order valence-corrected chi connectivity index (χ2v) is 7.80. The third kappa shape index (κ3) is 5.53. The maximum atomic E-state index is 12.6. The van der Waals surface area contributed by atoms with E-state index in [9.17, 15) is 8.42 Å². The zero-order chi connectivity index (χ0) is 14.4. The van der Waals surface area contributed by atoms with Crippen LogP contribution in [-0.2, 0) is 16.3 Å². The van der Waals surface area contributed by atoms with Gasteiger partial charge in [-0.3, -0.25) is 11.3 Å². The summed E-state index contributed by atoms with van der Waals surface area (Å²) in [6.45, 7) is 2.17. The van der Waals surface area contributed by atoms with Crippen molar-refractivity contribution in [3.63, 3.8) is 0 Å². The van der Waals surface area contributed by atoms with Gasteiger partial charge in [0.1, 0.15) is 0 Å². The van der Waals surface area contributed by atoms with E-state index >= 15 is 0 Å². The Balaban J connectivity index is 0.00000220. The summed E-state index contributed by atoms with van der Waals surface area (Å²) in [6, 6.07) is 10.5. The number of hydrogen-bond acceptors (Lipinski definition) is 3. The van der Waals surface area contributed by atoms with Gasteiger partial charge in [0.05, 0.1) is 4.90 Å². The van der Waals surface area contributed by atoms with Crippen molar-refractivity contribution in [3.8, 4) is 0 Å². The average molecular weight is 367 g/mol. The zero-order valence-corrected chi connectivity index (χ0v) is 16.5. The smallest absolute Gasteiger partial charge is 1.00 e. The molecule has 0 amide bonds. The molecule has 0 N–H and O–H groups in total. The molecule has 2 nitrogen and oxygen atoms in total. The van der Waals surface area contributed by atoms with Crippen molar-refractivity contribution in [1.82, 2.24) is 0 Å². The number of thiophene rings is 1. The van der Waals surface area contributed by atoms with E-state index in [0.29, 0.717) is 9.10 Å². The first-order valence-corrected chi connectivity index (χ1v) is 9.25. The monoisotopic (exact) mass is 366 g/mol. The van der Waals surface area contributed by atoms with Crippen LogP contribution in [0.3, 0.4) is 0 Å². The number of aryl methyl sites for hydroxylation is 1. The standard InChI is InChI=1S/C16H19O2S2.ClH.Mg/c1-2-3-4-6-9-14-12-13-19-16(14)20(17,18)15-10-7-5-8-11-15;;/h5,7-8,10-12H,2-4,6,9H2,1H3;1H;/q-1;;+2/p-1. The van der Waals surface area contributed by atoms with Crippen LogP contribution in [0, 0.1) is 5.38 Å². The molecule has 0 saturated carbocycles. The Morgan fingerprint density at radius 2 is 1.77 bits per heavy atom. The normalized spacial score (nSPS) is 10.6. The molecule has 22 heavy (non-hydrogen) atoms. The molecule has 0 fully saturated rings. The molecule has 2 aromatic rings. The van der Waals surface area contributed by atoms with Gasteiger partial charge in [-0.1, -0.05) is 57.2 Å². The second-order valence-electron chi connectivity index (χ2n) is 4.80. The molecule has 1 aromatic heterocycles. The van der Waals surface area contributed by atoms with Gasteiger partial charge in [-0.25, -0.2) is 8.42 Å². The molecule has 0 aliphatic carbocycles. The fraction of sp³-hybridized carbons (Fsp3) is 0.375. The zero-order valence-electron chi connectivity index (χ0n) is 12.7. The largest absolute Gasteiger partial charge is 2.00 e. The summed E-state index contributed by atoms with van der Waals surface area (Å²) < 4.78 is 25.6. The molecule has 0 saturated heterocycles. The molecule has 116 valence electrons. The van der Waals surface area contributed by atoms with E-state index < -0.39 is 9.84 Å². The summed E-state index contributed by atoms with van der Waals surface area (Å²) in [5.41, 5.74) is 0.912. The summed E-state index contributed by atoms with van der Waals surface area (Å²) in [5, 5.41) is 2.98. The van der Waals surface area contributed by atoms with Gasteiger partial charge in [0, 0.05) is 0 Å². The molecular formula is C16H19ClMgO2S2. The SMILES string of the molecule is CCCCCCc1c[c-]sc1S(=O)(=O)c1ccccc1.[Cl-].[Mg+2]. The molecule has 6 heteroatoms. The Kier molecular flexibility index (Phi) is 10.6. The summed E-state index contributed by atoms with van der Waals surface area (Å²) in [4.78, 5) is 0.366. The van der Waals surface area contributed by atoms with Crippen LogP contribution in [0.5, 0.6) is 0 Å². The fourth-order valence-corrected chi connectivity index (χ4v) is 4.84. The Morgan fingerprint density at radius 1 is 1.09 bits per heavy atom. The van der Waals surface area contributed by atoms with E-state index in [-0.39, 0.29) is 35.5 Å². The predicted octanol–water partition coefficient (Wildman–Crippen LogP) is 1.13. The predicted molar refractivity (Wildman–Crippen MR) is 88.6 cm³/mol. The minimum absolute atomic E-state index is 0. The third-order valence-electron chi connectivity index (χ3n) is 3.24. The molecule has 0 spiro atoms. The molecule has 0 atom stereocenters. The summed E-state index contributed by atoms with van der Waals surface area (Å²) >= 11 is 1.20. The van der Waals surface area contributed by atoms with Crippen LogP contribution >= 0.6 is 11.3 Å². The van der Waals surface area contributed by atoms with Gasteiger partial charge in [-0.15, -0.1) is 5.38 Å². The van der Waals surface area contributed by atoms with Gasteiger partial charge in [0.25, 0.3) is 0 Å². The Morgan fingerprint density at radius 3 is 2.41 bits per heavy atom. The molecule has 0 aliphatic heterocycles. The summed E-state index contributed by atoms with van der Waals surface area (Å²) in [5.74, 6) is 0. The van der Waals surface area contributed by atoms with E-state index in [0.717, 1.165) is 24.8 Å². The Bertz CT molecular complexity index is 639. The van der Waals surface area contributed by atoms with E-state index in [1.54, 1.807) is 24.3 Å². The van der Waals surface area contributed by atoms with Crippen LogP contribution in [0.15, 0.2) is 45.5 Å². The first-order valence-electron chi connectivity index (χ1n) is 6.95. The fourth-order valence-electron chi connectivity index (χ4n) is 2.13. The van der Waals surface area contributed by atoms with Crippen molar-refractivity contribution in [2.75, 3.05) is 0 Å². The van der Waals surface area contributed by atoms with Crippen LogP contribution in [-0.4, -0.2) is 31.5 Å². The summed E-state index contributed by atoms with van der Waals surface area (Å²) in [7, 11) is -3.38. The number of benzene rings is 1. The maximum Gasteiger partial charge on any atom is 2.00 e. The molecule has 0 unspecified atom stereocenters. The topological polar surface area (TPSA) is 34.1 Å². The molecule has 0 bridgehead atoms. The van der Waals surface area contributed by atoms with Gasteiger partial charge in [-0.2, -0.15) is 11.6 Å². The van der Waals surface area contributed by atoms with Gasteiger partial charge in [0.2, 0.25) is 0 Å². The number of hydrogen-bond donors (Lipinski definition) is 0. The first-order chi connectivity index (χ1) is 9.66. The van der Waals surface area contributed by atoms with E-state index in [2.05, 4.69) is 12.3 Å². The molecule has 0 aliphatic rings. The van der Waals surface area contributed by atoms with Crippen molar-refractivity contribution in [2.24, 2.45) is 0 Å². The molecule has 1 aromatic carbocycles. The maximum absolute atomic E-state index is 12.6. The van der Waals surface area contributed by atoms with Crippen LogP contribution in [0.2, 0.25) is 0 Å². The summed E-state index contributed by atoms with van der Waals surface area (Å²) in [6.07, 6.45) is 5.40. The second kappa shape index (κ2) is 10.7. The number of unbranched alkanes of at least 4 members (excludes halogenated alkanes) is 3. The van der Waals surface area contributed by atoms with E-state index in [4.69, 9.17) is 0 Å². The van der Waals surface area contributed by atoms with Gasteiger partial charge < -0.3 is 12.4 Å². The van der Waals surface area contributed by atoms with Crippen molar-refractivity contribution < 1.29 is 20.8 Å². The molecule has 2 rings (SSSR count). The molecule has 1 heterocycles. The van der Waals surface area contributed by atoms with E-state index in [1.165, 1.54) is 24.2 Å². The van der Waals surface area contributed by atoms with Gasteiger partial charge >= 0.3 is 23.1 Å². The van der Waals surface area contributed by atoms with Gasteiger partial charge in [-0.05, 0) is 16.3 Å². The van der Waals surface area contributed by atoms with Crippen LogP contribution in [0.4, 0.5) is 0 Å². The van der Waals surface area contributed by atoms with Crippen molar-refractivity contribution >= 4 is 44.2 Å². The van der Waals surface area contributed by atoms with E-state index in [1.807, 2.05) is 12.1 Å². The third-order valence-corrected chi connectivity index (χ3v) is 6.48. The molecular weight excluding hydrogens is 348 g/mol. The van der Waals surface area contributed by atoms with Crippen LogP contribution in [0.1, 0.15) is 38.2 Å². The minimum atomic E-state index is -3.38. The minimum Gasteiger partial charge on any atom is -1.00 e. The number of sulfone groups is 1.